The maximum atomic E-state index is 12.2. The second-order valence-electron chi connectivity index (χ2n) is 7.62. The smallest absolute Gasteiger partial charge is 0.250 e. The molecule has 1 fully saturated rings. The van der Waals surface area contributed by atoms with Crippen LogP contribution in [0, 0.1) is 6.92 Å². The molecule has 0 saturated carbocycles. The predicted octanol–water partition coefficient (Wildman–Crippen LogP) is 6.04. The summed E-state index contributed by atoms with van der Waals surface area (Å²) in [5.74, 6) is -0.109. The number of amides is 1. The Kier molecular flexibility index (Phi) is 6.87. The number of anilines is 1. The standard InChI is InChI=1S/C26H30N2O.H2/c1-5-19(3)26(29)27-24-13-12-23(18-20(24)4)25(22-10-8-7-9-11-22)28-16-14-21(6-2)15-17-28;/h7-13,18,25H,2-3,5,14-17H2,1,4H3,(H,27,29);1H. The van der Waals surface area contributed by atoms with Gasteiger partial charge in [0.1, 0.15) is 0 Å². The highest BCUT2D eigenvalue weighted by molar-refractivity contribution is 6.03. The van der Waals surface area contributed by atoms with Gasteiger partial charge in [0.25, 0.3) is 5.91 Å². The summed E-state index contributed by atoms with van der Waals surface area (Å²) in [5, 5.41) is 2.99. The largest absolute Gasteiger partial charge is 0.322 e. The van der Waals surface area contributed by atoms with Gasteiger partial charge in [0.2, 0.25) is 0 Å². The van der Waals surface area contributed by atoms with E-state index in [2.05, 4.69) is 71.6 Å². The minimum absolute atomic E-state index is 0. The molecule has 2 aromatic rings. The van der Waals surface area contributed by atoms with Crippen molar-refractivity contribution in [1.82, 2.24) is 4.90 Å². The van der Waals surface area contributed by atoms with Gasteiger partial charge in [-0.15, -0.1) is 5.73 Å². The fourth-order valence-corrected chi connectivity index (χ4v) is 3.85. The number of likely N-dealkylation sites (tertiary alicyclic amines) is 1. The van der Waals surface area contributed by atoms with Gasteiger partial charge in [0, 0.05) is 25.8 Å². The van der Waals surface area contributed by atoms with Gasteiger partial charge in [0.15, 0.2) is 0 Å². The van der Waals surface area contributed by atoms with Crippen molar-refractivity contribution in [1.29, 1.82) is 0 Å². The van der Waals surface area contributed by atoms with Crippen LogP contribution in [-0.2, 0) is 4.79 Å². The number of rotatable bonds is 6. The van der Waals surface area contributed by atoms with Crippen molar-refractivity contribution in [2.75, 3.05) is 18.4 Å². The topological polar surface area (TPSA) is 32.3 Å². The minimum Gasteiger partial charge on any atom is -0.322 e. The van der Waals surface area contributed by atoms with E-state index in [0.29, 0.717) is 12.0 Å². The van der Waals surface area contributed by atoms with Crippen LogP contribution in [0.5, 0.6) is 0 Å². The van der Waals surface area contributed by atoms with Crippen LogP contribution in [0.25, 0.3) is 0 Å². The van der Waals surface area contributed by atoms with Crippen LogP contribution in [0.2, 0.25) is 0 Å². The van der Waals surface area contributed by atoms with Crippen molar-refractivity contribution in [2.24, 2.45) is 0 Å². The maximum Gasteiger partial charge on any atom is 0.250 e. The van der Waals surface area contributed by atoms with Gasteiger partial charge in [-0.1, -0.05) is 62.5 Å². The Morgan fingerprint density at radius 3 is 2.45 bits per heavy atom. The number of benzene rings is 2. The van der Waals surface area contributed by atoms with E-state index >= 15 is 0 Å². The zero-order valence-corrected chi connectivity index (χ0v) is 17.5. The highest BCUT2D eigenvalue weighted by Crippen LogP contribution is 2.33. The number of hydrogen-bond donors (Lipinski definition) is 1. The Morgan fingerprint density at radius 1 is 1.17 bits per heavy atom. The highest BCUT2D eigenvalue weighted by Gasteiger charge is 2.25. The quantitative estimate of drug-likeness (QED) is 0.483. The first-order chi connectivity index (χ1) is 14.0. The molecule has 1 aliphatic rings. The van der Waals surface area contributed by atoms with Crippen LogP contribution in [0.4, 0.5) is 5.69 Å². The Hall–Kier alpha value is -2.87. The molecule has 1 unspecified atom stereocenters. The average Bonchev–Trinajstić information content (AvgIpc) is 2.76. The van der Waals surface area contributed by atoms with Crippen molar-refractivity contribution in [3.8, 4) is 0 Å². The molecule has 2 aromatic carbocycles. The summed E-state index contributed by atoms with van der Waals surface area (Å²) in [6.07, 6.45) is 2.67. The molecule has 0 radical (unpaired) electrons. The second-order valence-corrected chi connectivity index (χ2v) is 7.62. The fraction of sp³-hybridized carbons (Fsp3) is 0.308. The number of nitrogens with one attached hydrogen (secondary N) is 1. The van der Waals surface area contributed by atoms with E-state index in [1.54, 1.807) is 0 Å². The maximum absolute atomic E-state index is 12.2. The highest BCUT2D eigenvalue weighted by atomic mass is 16.1. The van der Waals surface area contributed by atoms with E-state index < -0.39 is 0 Å². The van der Waals surface area contributed by atoms with E-state index in [1.807, 2.05) is 19.9 Å². The number of piperidine rings is 1. The number of carbonyl (C=O) groups is 1. The molecule has 0 aliphatic carbocycles. The van der Waals surface area contributed by atoms with Gasteiger partial charge in [0.05, 0.1) is 6.04 Å². The van der Waals surface area contributed by atoms with Crippen LogP contribution < -0.4 is 5.32 Å². The SMILES string of the molecule is C=C=C1CCN(C(c2ccccc2)c2ccc(NC(=O)C(=C)CC)c(C)c2)CC1.[HH]. The molecule has 3 heteroatoms. The predicted molar refractivity (Wildman–Crippen MR) is 123 cm³/mol. The molecule has 0 spiro atoms. The third-order valence-electron chi connectivity index (χ3n) is 5.69. The summed E-state index contributed by atoms with van der Waals surface area (Å²) in [6.45, 7) is 13.6. The lowest BCUT2D eigenvalue weighted by molar-refractivity contribution is -0.112. The van der Waals surface area contributed by atoms with Gasteiger partial charge in [-0.05, 0) is 54.5 Å². The number of carbonyl (C=O) groups excluding carboxylic acids is 1. The minimum atomic E-state index is -0.109. The molecule has 0 bridgehead atoms. The first kappa shape index (κ1) is 20.9. The molecule has 152 valence electrons. The molecule has 1 atom stereocenters. The van der Waals surface area contributed by atoms with Gasteiger partial charge < -0.3 is 5.32 Å². The summed E-state index contributed by atoms with van der Waals surface area (Å²) in [5.41, 5.74) is 9.43. The van der Waals surface area contributed by atoms with Crippen LogP contribution in [-0.4, -0.2) is 23.9 Å². The molecule has 1 N–H and O–H groups in total. The Balaban J connectivity index is 0.00000320. The first-order valence-corrected chi connectivity index (χ1v) is 10.3. The monoisotopic (exact) mass is 388 g/mol. The normalized spacial score (nSPS) is 15.4. The van der Waals surface area contributed by atoms with Crippen LogP contribution >= 0.6 is 0 Å². The summed E-state index contributed by atoms with van der Waals surface area (Å²) in [4.78, 5) is 14.7. The molecule has 3 rings (SSSR count). The molecule has 1 aliphatic heterocycles. The molecule has 1 amide bonds. The summed E-state index contributed by atoms with van der Waals surface area (Å²) < 4.78 is 0. The second kappa shape index (κ2) is 9.56. The van der Waals surface area contributed by atoms with Crippen LogP contribution in [0.15, 0.2) is 78.6 Å². The van der Waals surface area contributed by atoms with Gasteiger partial charge in [-0.3, -0.25) is 9.69 Å². The Morgan fingerprint density at radius 2 is 1.86 bits per heavy atom. The molecule has 3 nitrogen and oxygen atoms in total. The number of aryl methyl sites for hydroxylation is 1. The lowest BCUT2D eigenvalue weighted by Gasteiger charge is -2.36. The zero-order valence-electron chi connectivity index (χ0n) is 17.5. The zero-order chi connectivity index (χ0) is 20.8. The van der Waals surface area contributed by atoms with Gasteiger partial charge in [-0.25, -0.2) is 0 Å². The first-order valence-electron chi connectivity index (χ1n) is 10.3. The third kappa shape index (κ3) is 4.95. The van der Waals surface area contributed by atoms with Gasteiger partial charge >= 0.3 is 0 Å². The molecular weight excluding hydrogens is 356 g/mol. The van der Waals surface area contributed by atoms with E-state index in [0.717, 1.165) is 37.2 Å². The van der Waals surface area contributed by atoms with Crippen LogP contribution in [0.1, 0.15) is 50.3 Å². The average molecular weight is 389 g/mol. The Labute approximate surface area is 175 Å². The lowest BCUT2D eigenvalue weighted by atomic mass is 9.92. The van der Waals surface area contributed by atoms with Crippen molar-refractivity contribution in [3.63, 3.8) is 0 Å². The number of nitrogens with zero attached hydrogens (tertiary/aromatic N) is 1. The van der Waals surface area contributed by atoms with E-state index in [4.69, 9.17) is 0 Å². The van der Waals surface area contributed by atoms with Crippen molar-refractivity contribution < 1.29 is 6.22 Å². The third-order valence-corrected chi connectivity index (χ3v) is 5.69. The lowest BCUT2D eigenvalue weighted by Crippen LogP contribution is -2.35. The van der Waals surface area contributed by atoms with E-state index in [9.17, 15) is 4.79 Å². The van der Waals surface area contributed by atoms with E-state index in [1.165, 1.54) is 16.7 Å². The molecule has 1 saturated heterocycles. The molecular formula is C26H32N2O. The fourth-order valence-electron chi connectivity index (χ4n) is 3.85. The summed E-state index contributed by atoms with van der Waals surface area (Å²) >= 11 is 0. The summed E-state index contributed by atoms with van der Waals surface area (Å²) in [7, 11) is 0. The molecule has 1 heterocycles. The Bertz CT molecular complexity index is 935. The van der Waals surface area contributed by atoms with Crippen molar-refractivity contribution >= 4 is 11.6 Å². The van der Waals surface area contributed by atoms with Crippen LogP contribution in [0.3, 0.4) is 0 Å². The molecule has 29 heavy (non-hydrogen) atoms. The summed E-state index contributed by atoms with van der Waals surface area (Å²) in [6, 6.07) is 17.2. The number of hydrogen-bond acceptors (Lipinski definition) is 2. The van der Waals surface area contributed by atoms with Gasteiger partial charge in [-0.2, -0.15) is 0 Å². The van der Waals surface area contributed by atoms with Crippen molar-refractivity contribution in [2.45, 2.75) is 39.2 Å². The van der Waals surface area contributed by atoms with E-state index in [-0.39, 0.29) is 13.4 Å². The molecule has 0 aromatic heterocycles. The van der Waals surface area contributed by atoms with Crippen molar-refractivity contribution in [3.05, 3.63) is 95.3 Å².